The zero-order chi connectivity index (χ0) is 13.0. The minimum absolute atomic E-state index is 0.0396. The van der Waals surface area contributed by atoms with Gasteiger partial charge in [0.1, 0.15) is 0 Å². The van der Waals surface area contributed by atoms with Crippen molar-refractivity contribution in [2.75, 3.05) is 19.7 Å². The molecule has 2 fully saturated rings. The fraction of sp³-hybridized carbons (Fsp3) is 0.929. The Morgan fingerprint density at radius 1 is 1.28 bits per heavy atom. The van der Waals surface area contributed by atoms with E-state index in [0.29, 0.717) is 13.0 Å². The van der Waals surface area contributed by atoms with Crippen LogP contribution in [0.25, 0.3) is 0 Å². The van der Waals surface area contributed by atoms with E-state index in [4.69, 9.17) is 5.73 Å². The van der Waals surface area contributed by atoms with Crippen LogP contribution in [0.4, 0.5) is 0 Å². The molecule has 0 spiro atoms. The minimum atomic E-state index is 0.0396. The average molecular weight is 254 g/mol. The lowest BCUT2D eigenvalue weighted by Crippen LogP contribution is -2.43. The number of amides is 1. The van der Waals surface area contributed by atoms with Crippen molar-refractivity contribution in [1.82, 2.24) is 4.90 Å². The molecule has 0 aromatic rings. The molecule has 2 rings (SSSR count). The van der Waals surface area contributed by atoms with Crippen molar-refractivity contribution in [2.24, 2.45) is 11.1 Å². The maximum absolute atomic E-state index is 12.4. The van der Waals surface area contributed by atoms with Crippen LogP contribution in [0.15, 0.2) is 0 Å². The van der Waals surface area contributed by atoms with Crippen molar-refractivity contribution in [2.45, 2.75) is 57.4 Å². The second-order valence-corrected chi connectivity index (χ2v) is 6.01. The highest BCUT2D eigenvalue weighted by Crippen LogP contribution is 2.39. The molecular formula is C14H26N2O2. The third-order valence-electron chi connectivity index (χ3n) is 4.78. The van der Waals surface area contributed by atoms with Gasteiger partial charge in [-0.25, -0.2) is 0 Å². The maximum Gasteiger partial charge on any atom is 0.223 e. The third-order valence-corrected chi connectivity index (χ3v) is 4.78. The number of hydrogen-bond acceptors (Lipinski definition) is 3. The van der Waals surface area contributed by atoms with Gasteiger partial charge in [-0.1, -0.05) is 19.3 Å². The Balaban J connectivity index is 1.96. The molecule has 1 aliphatic heterocycles. The number of carbonyl (C=O) groups is 1. The quantitative estimate of drug-likeness (QED) is 0.794. The first-order valence-electron chi connectivity index (χ1n) is 7.31. The molecule has 0 aromatic carbocycles. The highest BCUT2D eigenvalue weighted by atomic mass is 16.3. The van der Waals surface area contributed by atoms with Gasteiger partial charge in [0.2, 0.25) is 5.91 Å². The molecule has 3 N–H and O–H groups in total. The number of carbonyl (C=O) groups excluding carboxylic acids is 1. The summed E-state index contributed by atoms with van der Waals surface area (Å²) in [6.07, 6.45) is 8.41. The molecule has 0 aromatic heterocycles. The lowest BCUT2D eigenvalue weighted by molar-refractivity contribution is -0.135. The minimum Gasteiger partial charge on any atom is -0.394 e. The predicted molar refractivity (Wildman–Crippen MR) is 71.0 cm³/mol. The first-order valence-corrected chi connectivity index (χ1v) is 7.31. The molecule has 1 amide bonds. The molecule has 0 bridgehead atoms. The smallest absolute Gasteiger partial charge is 0.223 e. The SMILES string of the molecule is NCC1(CC(=O)N2CCC[C@@H]2CO)CCCCC1. The lowest BCUT2D eigenvalue weighted by atomic mass is 9.71. The van der Waals surface area contributed by atoms with E-state index in [0.717, 1.165) is 32.2 Å². The van der Waals surface area contributed by atoms with Crippen molar-refractivity contribution in [3.63, 3.8) is 0 Å². The zero-order valence-corrected chi connectivity index (χ0v) is 11.2. The Kier molecular flexibility index (Phi) is 4.62. The number of nitrogens with two attached hydrogens (primary N) is 1. The van der Waals surface area contributed by atoms with Crippen LogP contribution < -0.4 is 5.73 Å². The molecule has 4 heteroatoms. The number of nitrogens with zero attached hydrogens (tertiary/aromatic N) is 1. The van der Waals surface area contributed by atoms with Crippen molar-refractivity contribution < 1.29 is 9.90 Å². The van der Waals surface area contributed by atoms with Gasteiger partial charge in [-0.15, -0.1) is 0 Å². The fourth-order valence-electron chi connectivity index (χ4n) is 3.53. The number of aliphatic hydroxyl groups is 1. The first-order chi connectivity index (χ1) is 8.71. The Bertz CT molecular complexity index is 288. The second-order valence-electron chi connectivity index (χ2n) is 6.01. The second kappa shape index (κ2) is 6.02. The van der Waals surface area contributed by atoms with Gasteiger partial charge in [0, 0.05) is 13.0 Å². The van der Waals surface area contributed by atoms with Crippen LogP contribution in [-0.4, -0.2) is 41.7 Å². The van der Waals surface area contributed by atoms with Crippen LogP contribution in [0, 0.1) is 5.41 Å². The third kappa shape index (κ3) is 2.86. The van der Waals surface area contributed by atoms with Crippen LogP contribution >= 0.6 is 0 Å². The molecule has 0 unspecified atom stereocenters. The van der Waals surface area contributed by atoms with Gasteiger partial charge in [-0.3, -0.25) is 4.79 Å². The van der Waals surface area contributed by atoms with Crippen LogP contribution in [0.5, 0.6) is 0 Å². The Morgan fingerprint density at radius 2 is 2.00 bits per heavy atom. The Morgan fingerprint density at radius 3 is 2.61 bits per heavy atom. The number of aliphatic hydroxyl groups excluding tert-OH is 1. The zero-order valence-electron chi connectivity index (χ0n) is 11.2. The van der Waals surface area contributed by atoms with Gasteiger partial charge in [-0.2, -0.15) is 0 Å². The topological polar surface area (TPSA) is 66.6 Å². The van der Waals surface area contributed by atoms with Crippen molar-refractivity contribution in [3.05, 3.63) is 0 Å². The van der Waals surface area contributed by atoms with E-state index in [9.17, 15) is 9.90 Å². The van der Waals surface area contributed by atoms with Crippen molar-refractivity contribution in [3.8, 4) is 0 Å². The molecule has 104 valence electrons. The van der Waals surface area contributed by atoms with E-state index >= 15 is 0 Å². The summed E-state index contributed by atoms with van der Waals surface area (Å²) in [6, 6.07) is 0.0518. The van der Waals surface area contributed by atoms with Gasteiger partial charge in [0.05, 0.1) is 12.6 Å². The molecule has 4 nitrogen and oxygen atoms in total. The van der Waals surface area contributed by atoms with Gasteiger partial charge in [0.15, 0.2) is 0 Å². The van der Waals surface area contributed by atoms with Crippen molar-refractivity contribution in [1.29, 1.82) is 0 Å². The molecular weight excluding hydrogens is 228 g/mol. The molecule has 0 radical (unpaired) electrons. The van der Waals surface area contributed by atoms with E-state index in [1.54, 1.807) is 0 Å². The molecule has 1 saturated heterocycles. The number of hydrogen-bond donors (Lipinski definition) is 2. The van der Waals surface area contributed by atoms with E-state index in [1.807, 2.05) is 4.90 Å². The number of likely N-dealkylation sites (tertiary alicyclic amines) is 1. The number of rotatable bonds is 4. The average Bonchev–Trinajstić information content (AvgIpc) is 2.88. The molecule has 1 heterocycles. The Labute approximate surface area is 110 Å². The molecule has 1 saturated carbocycles. The standard InChI is InChI=1S/C14H26N2O2/c15-11-14(6-2-1-3-7-14)9-13(18)16-8-4-5-12(16)10-17/h12,17H,1-11,15H2/t12-/m1/s1. The van der Waals surface area contributed by atoms with Crippen LogP contribution in [0.1, 0.15) is 51.4 Å². The summed E-state index contributed by atoms with van der Waals surface area (Å²) in [5.41, 5.74) is 5.97. The van der Waals surface area contributed by atoms with Gasteiger partial charge in [0.25, 0.3) is 0 Å². The normalized spacial score (nSPS) is 27.4. The molecule has 1 atom stereocenters. The summed E-state index contributed by atoms with van der Waals surface area (Å²) in [5.74, 6) is 0.207. The summed E-state index contributed by atoms with van der Waals surface area (Å²) < 4.78 is 0. The lowest BCUT2D eigenvalue weighted by Gasteiger charge is -2.37. The fourth-order valence-corrected chi connectivity index (χ4v) is 3.53. The summed E-state index contributed by atoms with van der Waals surface area (Å²) in [5, 5.41) is 9.29. The van der Waals surface area contributed by atoms with Crippen LogP contribution in [0.3, 0.4) is 0 Å². The highest BCUT2D eigenvalue weighted by Gasteiger charge is 2.36. The van der Waals surface area contributed by atoms with E-state index in [1.165, 1.54) is 19.3 Å². The van der Waals surface area contributed by atoms with Crippen LogP contribution in [-0.2, 0) is 4.79 Å². The first kappa shape index (κ1) is 13.8. The molecule has 1 aliphatic carbocycles. The summed E-state index contributed by atoms with van der Waals surface area (Å²) in [6.45, 7) is 1.53. The van der Waals surface area contributed by atoms with Crippen LogP contribution in [0.2, 0.25) is 0 Å². The summed E-state index contributed by atoms with van der Waals surface area (Å²) in [4.78, 5) is 14.3. The van der Waals surface area contributed by atoms with E-state index in [2.05, 4.69) is 0 Å². The maximum atomic E-state index is 12.4. The van der Waals surface area contributed by atoms with Gasteiger partial charge < -0.3 is 15.7 Å². The monoisotopic (exact) mass is 254 g/mol. The summed E-state index contributed by atoms with van der Waals surface area (Å²) in [7, 11) is 0. The van der Waals surface area contributed by atoms with Crippen molar-refractivity contribution >= 4 is 5.91 Å². The van der Waals surface area contributed by atoms with Gasteiger partial charge >= 0.3 is 0 Å². The van der Waals surface area contributed by atoms with E-state index < -0.39 is 0 Å². The molecule has 2 aliphatic rings. The van der Waals surface area contributed by atoms with E-state index in [-0.39, 0.29) is 24.0 Å². The molecule has 18 heavy (non-hydrogen) atoms. The summed E-state index contributed by atoms with van der Waals surface area (Å²) >= 11 is 0. The Hall–Kier alpha value is -0.610. The highest BCUT2D eigenvalue weighted by molar-refractivity contribution is 5.77. The predicted octanol–water partition coefficient (Wildman–Crippen LogP) is 1.27. The van der Waals surface area contributed by atoms with Gasteiger partial charge in [-0.05, 0) is 37.6 Å². The largest absolute Gasteiger partial charge is 0.394 e.